The molecule has 1 aromatic carbocycles. The van der Waals surface area contributed by atoms with Crippen LogP contribution in [0.1, 0.15) is 32.4 Å². The lowest BCUT2D eigenvalue weighted by atomic mass is 10.1. The van der Waals surface area contributed by atoms with Crippen LogP contribution in [0.4, 0.5) is 4.79 Å². The first-order valence-electron chi connectivity index (χ1n) is 8.20. The second-order valence-electron chi connectivity index (χ2n) is 7.24. The zero-order valence-electron chi connectivity index (χ0n) is 16.4. The molecule has 0 fully saturated rings. The van der Waals surface area contributed by atoms with E-state index in [9.17, 15) is 21.6 Å². The van der Waals surface area contributed by atoms with Gasteiger partial charge in [-0.2, -0.15) is 26.6 Å². The van der Waals surface area contributed by atoms with Crippen LogP contribution in [-0.2, 0) is 33.3 Å². The Balaban J connectivity index is 2.52. The quantitative estimate of drug-likeness (QED) is 0.386. The van der Waals surface area contributed by atoms with Crippen molar-refractivity contribution >= 4 is 59.8 Å². The summed E-state index contributed by atoms with van der Waals surface area (Å²) in [5.41, 5.74) is -0.112. The maximum absolute atomic E-state index is 12.5. The molecule has 0 radical (unpaired) electrons. The van der Waals surface area contributed by atoms with Gasteiger partial charge in [-0.1, -0.05) is 6.07 Å². The molecule has 2 aromatic rings. The van der Waals surface area contributed by atoms with Crippen molar-refractivity contribution in [3.05, 3.63) is 27.5 Å². The number of ether oxygens (including phenoxy) is 1. The SMILES string of the molecule is CC(C)(C)OC(=O)n1nc(I)c2ccc([C@@H](COS(C)(=O)=O)OS(C)(=O)=O)cc21. The molecule has 0 saturated carbocycles. The van der Waals surface area contributed by atoms with Gasteiger partial charge in [0.15, 0.2) is 0 Å². The van der Waals surface area contributed by atoms with Crippen LogP contribution in [0, 0.1) is 3.70 Å². The molecule has 162 valence electrons. The van der Waals surface area contributed by atoms with Crippen LogP contribution in [0.15, 0.2) is 18.2 Å². The minimum absolute atomic E-state index is 0.285. The van der Waals surface area contributed by atoms with E-state index in [-0.39, 0.29) is 5.56 Å². The predicted molar refractivity (Wildman–Crippen MR) is 114 cm³/mol. The van der Waals surface area contributed by atoms with Crippen LogP contribution < -0.4 is 0 Å². The molecule has 0 spiro atoms. The summed E-state index contributed by atoms with van der Waals surface area (Å²) in [5, 5.41) is 4.80. The maximum atomic E-state index is 12.5. The number of hydrogen-bond acceptors (Lipinski definition) is 9. The predicted octanol–water partition coefficient (Wildman–Crippen LogP) is 2.42. The van der Waals surface area contributed by atoms with Gasteiger partial charge in [0.05, 0.1) is 24.6 Å². The van der Waals surface area contributed by atoms with Crippen LogP contribution in [0.25, 0.3) is 10.9 Å². The number of benzene rings is 1. The smallest absolute Gasteiger partial charge is 0.435 e. The van der Waals surface area contributed by atoms with Crippen molar-refractivity contribution in [1.82, 2.24) is 9.78 Å². The second-order valence-corrected chi connectivity index (χ2v) is 11.5. The van der Waals surface area contributed by atoms with Crippen LogP contribution >= 0.6 is 22.6 Å². The molecule has 0 unspecified atom stereocenters. The number of hydrogen-bond donors (Lipinski definition) is 0. The number of nitrogens with zero attached hydrogens (tertiary/aromatic N) is 2. The first-order chi connectivity index (χ1) is 13.1. The molecule has 1 aromatic heterocycles. The summed E-state index contributed by atoms with van der Waals surface area (Å²) in [6.45, 7) is 4.58. The maximum Gasteiger partial charge on any atom is 0.435 e. The highest BCUT2D eigenvalue weighted by Gasteiger charge is 2.25. The third-order valence-corrected chi connectivity index (χ3v) is 5.27. The standard InChI is InChI=1S/C16H21IN2O8S2/c1-16(2,3)26-15(20)19-12-8-10(6-7-11(12)14(17)18-19)13(27-29(5,23)24)9-25-28(4,21)22/h6-8,13H,9H2,1-5H3/t13-/m1/s1. The van der Waals surface area contributed by atoms with E-state index in [2.05, 4.69) is 5.10 Å². The first-order valence-corrected chi connectivity index (χ1v) is 12.9. The lowest BCUT2D eigenvalue weighted by Gasteiger charge is -2.19. The van der Waals surface area contributed by atoms with Gasteiger partial charge < -0.3 is 4.74 Å². The number of aromatic nitrogens is 2. The molecule has 10 nitrogen and oxygen atoms in total. The normalized spacial score (nSPS) is 14.1. The van der Waals surface area contributed by atoms with Gasteiger partial charge >= 0.3 is 6.09 Å². The summed E-state index contributed by atoms with van der Waals surface area (Å²) >= 11 is 1.96. The fraction of sp³-hybridized carbons (Fsp3) is 0.500. The molecule has 29 heavy (non-hydrogen) atoms. The molecule has 0 aliphatic heterocycles. The Labute approximate surface area is 182 Å². The van der Waals surface area contributed by atoms with E-state index in [1.165, 1.54) is 6.07 Å². The average molecular weight is 560 g/mol. The lowest BCUT2D eigenvalue weighted by Crippen LogP contribution is -2.27. The molecule has 13 heteroatoms. The van der Waals surface area contributed by atoms with Gasteiger partial charge in [-0.3, -0.25) is 8.37 Å². The second kappa shape index (κ2) is 8.45. The molecule has 2 rings (SSSR count). The number of carbonyl (C=O) groups is 1. The molecule has 0 amide bonds. The van der Waals surface area contributed by atoms with Crippen LogP contribution in [0.2, 0.25) is 0 Å². The third-order valence-electron chi connectivity index (χ3n) is 3.32. The summed E-state index contributed by atoms with van der Waals surface area (Å²) in [7, 11) is -7.76. The van der Waals surface area contributed by atoms with Crippen LogP contribution in [0.5, 0.6) is 0 Å². The third kappa shape index (κ3) is 7.16. The van der Waals surface area contributed by atoms with E-state index < -0.39 is 44.6 Å². The Morgan fingerprint density at radius 2 is 1.79 bits per heavy atom. The Hall–Kier alpha value is -1.29. The van der Waals surface area contributed by atoms with Gasteiger partial charge in [0, 0.05) is 5.39 Å². The fourth-order valence-electron chi connectivity index (χ4n) is 2.31. The van der Waals surface area contributed by atoms with E-state index in [1.54, 1.807) is 32.9 Å². The summed E-state index contributed by atoms with van der Waals surface area (Å²) in [4.78, 5) is 12.5. The molecule has 1 atom stereocenters. The number of rotatable bonds is 6. The number of carbonyl (C=O) groups excluding carboxylic acids is 1. The van der Waals surface area contributed by atoms with Crippen molar-refractivity contribution in [3.63, 3.8) is 0 Å². The van der Waals surface area contributed by atoms with Crippen molar-refractivity contribution in [3.8, 4) is 0 Å². The van der Waals surface area contributed by atoms with Gasteiger partial charge in [0.1, 0.15) is 15.4 Å². The van der Waals surface area contributed by atoms with E-state index in [4.69, 9.17) is 13.1 Å². The van der Waals surface area contributed by atoms with Crippen LogP contribution in [0.3, 0.4) is 0 Å². The minimum atomic E-state index is -3.93. The summed E-state index contributed by atoms with van der Waals surface area (Å²) in [6, 6.07) is 4.66. The van der Waals surface area contributed by atoms with Gasteiger partial charge in [0.2, 0.25) is 0 Å². The Kier molecular flexibility index (Phi) is 6.99. The largest absolute Gasteiger partial charge is 0.442 e. The van der Waals surface area contributed by atoms with Gasteiger partial charge in [-0.25, -0.2) is 4.79 Å². The zero-order valence-corrected chi connectivity index (χ0v) is 20.2. The summed E-state index contributed by atoms with van der Waals surface area (Å²) in [5.74, 6) is 0. The molecule has 0 bridgehead atoms. The number of fused-ring (bicyclic) bond motifs is 1. The van der Waals surface area contributed by atoms with E-state index in [0.29, 0.717) is 14.6 Å². The summed E-state index contributed by atoms with van der Waals surface area (Å²) < 4.78 is 62.5. The minimum Gasteiger partial charge on any atom is -0.442 e. The average Bonchev–Trinajstić information content (AvgIpc) is 2.84. The van der Waals surface area contributed by atoms with Crippen molar-refractivity contribution < 1.29 is 34.7 Å². The van der Waals surface area contributed by atoms with Gasteiger partial charge in [-0.05, 0) is 61.1 Å². The monoisotopic (exact) mass is 560 g/mol. The van der Waals surface area contributed by atoms with Crippen molar-refractivity contribution in [2.75, 3.05) is 19.1 Å². The van der Waals surface area contributed by atoms with Gasteiger partial charge in [0.25, 0.3) is 20.2 Å². The van der Waals surface area contributed by atoms with Crippen molar-refractivity contribution in [2.45, 2.75) is 32.5 Å². The van der Waals surface area contributed by atoms with Crippen LogP contribution in [-0.4, -0.2) is 57.4 Å². The zero-order chi connectivity index (χ0) is 22.2. The summed E-state index contributed by atoms with van der Waals surface area (Å²) in [6.07, 6.45) is -0.278. The van der Waals surface area contributed by atoms with E-state index in [1.807, 2.05) is 22.6 Å². The molecule has 0 saturated heterocycles. The highest BCUT2D eigenvalue weighted by Crippen LogP contribution is 2.28. The highest BCUT2D eigenvalue weighted by atomic mass is 127. The molecule has 0 aliphatic carbocycles. The number of halogens is 1. The van der Waals surface area contributed by atoms with E-state index in [0.717, 1.165) is 17.2 Å². The van der Waals surface area contributed by atoms with Crippen molar-refractivity contribution in [1.29, 1.82) is 0 Å². The molecular weight excluding hydrogens is 539 g/mol. The van der Waals surface area contributed by atoms with Gasteiger partial charge in [-0.15, -0.1) is 0 Å². The lowest BCUT2D eigenvalue weighted by molar-refractivity contribution is 0.0522. The molecule has 0 N–H and O–H groups in total. The first kappa shape index (κ1) is 24.0. The topological polar surface area (TPSA) is 131 Å². The Morgan fingerprint density at radius 3 is 2.31 bits per heavy atom. The fourth-order valence-corrected chi connectivity index (χ4v) is 3.95. The van der Waals surface area contributed by atoms with E-state index >= 15 is 0 Å². The highest BCUT2D eigenvalue weighted by molar-refractivity contribution is 14.1. The Bertz CT molecular complexity index is 1130. The molecule has 1 heterocycles. The van der Waals surface area contributed by atoms with Crippen molar-refractivity contribution in [2.24, 2.45) is 0 Å². The molecule has 0 aliphatic rings. The molecular formula is C16H21IN2O8S2. The Morgan fingerprint density at radius 1 is 1.17 bits per heavy atom.